The molecule has 2 amide bonds. The normalized spacial score (nSPS) is 15.8. The summed E-state index contributed by atoms with van der Waals surface area (Å²) < 4.78 is 15.0. The fraction of sp³-hybridized carbons (Fsp3) is 0.100. The predicted molar refractivity (Wildman–Crippen MR) is 106 cm³/mol. The monoisotopic (exact) mass is 392 g/mol. The number of nitrogens with two attached hydrogens (primary N) is 1. The highest BCUT2D eigenvalue weighted by atomic mass is 19.1. The van der Waals surface area contributed by atoms with Gasteiger partial charge < -0.3 is 15.6 Å². The molecule has 1 aliphatic rings. The number of carbonyl (C=O) groups excluding carboxylic acids is 2. The van der Waals surface area contributed by atoms with Gasteiger partial charge in [0.15, 0.2) is 0 Å². The maximum Gasteiger partial charge on any atom is 0.271 e. The van der Waals surface area contributed by atoms with Crippen LogP contribution in [-0.2, 0) is 9.59 Å². The highest BCUT2D eigenvalue weighted by Gasteiger charge is 2.35. The van der Waals surface area contributed by atoms with Crippen molar-refractivity contribution in [1.29, 1.82) is 0 Å². The molecule has 0 radical (unpaired) electrons. The van der Waals surface area contributed by atoms with Crippen LogP contribution in [0.15, 0.2) is 72.4 Å². The maximum absolute atomic E-state index is 13.2. The Labute approximate surface area is 165 Å². The molecule has 1 unspecified atom stereocenters. The molecule has 3 aromatic rings. The van der Waals surface area contributed by atoms with Gasteiger partial charge in [0.25, 0.3) is 5.91 Å². The molecule has 0 bridgehead atoms. The number of primary amides is 1. The number of hydrogen-bond donors (Lipinski definition) is 2. The average molecular weight is 392 g/mol. The summed E-state index contributed by atoms with van der Waals surface area (Å²) in [5.74, 6) is -1.47. The quantitative estimate of drug-likeness (QED) is 0.693. The number of nitrogens with zero attached hydrogens (tertiary/aromatic N) is 4. The summed E-state index contributed by atoms with van der Waals surface area (Å²) in [5.41, 5.74) is 7.58. The lowest BCUT2D eigenvalue weighted by atomic mass is 10.1. The average Bonchev–Trinajstić information content (AvgIpc) is 3.39. The number of halogens is 1. The predicted octanol–water partition coefficient (Wildman–Crippen LogP) is 2.07. The second kappa shape index (κ2) is 7.55. The van der Waals surface area contributed by atoms with Crippen LogP contribution in [0.25, 0.3) is 5.69 Å². The third kappa shape index (κ3) is 3.84. The molecular formula is C20H17FN6O2. The maximum atomic E-state index is 13.2. The summed E-state index contributed by atoms with van der Waals surface area (Å²) in [6.45, 7) is 0. The number of rotatable bonds is 5. The molecule has 2 heterocycles. The van der Waals surface area contributed by atoms with Gasteiger partial charge in [-0.15, -0.1) is 0 Å². The van der Waals surface area contributed by atoms with E-state index in [0.29, 0.717) is 11.4 Å². The van der Waals surface area contributed by atoms with Gasteiger partial charge in [0.1, 0.15) is 17.6 Å². The molecule has 4 rings (SSSR count). The number of hydrazone groups is 1. The van der Waals surface area contributed by atoms with E-state index in [1.807, 2.05) is 22.9 Å². The Bertz CT molecular complexity index is 1060. The van der Waals surface area contributed by atoms with Crippen LogP contribution in [0.2, 0.25) is 0 Å². The zero-order valence-corrected chi connectivity index (χ0v) is 15.2. The van der Waals surface area contributed by atoms with Crippen molar-refractivity contribution in [3.8, 4) is 5.69 Å². The van der Waals surface area contributed by atoms with E-state index in [2.05, 4.69) is 15.4 Å². The van der Waals surface area contributed by atoms with Gasteiger partial charge in [-0.05, 0) is 48.5 Å². The molecule has 1 aliphatic heterocycles. The number of benzene rings is 2. The van der Waals surface area contributed by atoms with Crippen molar-refractivity contribution in [3.05, 3.63) is 73.1 Å². The SMILES string of the molecule is NC(=O)C1CC(C(=O)Nc2ccc(-n3ccnc3)cc2)=NN1c1ccc(F)cc1. The van der Waals surface area contributed by atoms with Gasteiger partial charge >= 0.3 is 0 Å². The van der Waals surface area contributed by atoms with E-state index in [4.69, 9.17) is 5.73 Å². The third-order valence-corrected chi connectivity index (χ3v) is 4.52. The molecule has 9 heteroatoms. The first-order valence-electron chi connectivity index (χ1n) is 8.82. The number of anilines is 2. The highest BCUT2D eigenvalue weighted by molar-refractivity contribution is 6.44. The first kappa shape index (κ1) is 18.4. The summed E-state index contributed by atoms with van der Waals surface area (Å²) in [4.78, 5) is 28.4. The Kier molecular flexibility index (Phi) is 4.78. The van der Waals surface area contributed by atoms with Gasteiger partial charge in [-0.2, -0.15) is 5.10 Å². The molecule has 0 spiro atoms. The minimum Gasteiger partial charge on any atom is -0.368 e. The number of imidazole rings is 1. The first-order chi connectivity index (χ1) is 14.0. The summed E-state index contributed by atoms with van der Waals surface area (Å²) in [6.07, 6.45) is 5.23. The molecule has 146 valence electrons. The first-order valence-corrected chi connectivity index (χ1v) is 8.82. The molecule has 1 atom stereocenters. The van der Waals surface area contributed by atoms with Crippen LogP contribution in [0.1, 0.15) is 6.42 Å². The van der Waals surface area contributed by atoms with Crippen LogP contribution < -0.4 is 16.1 Å². The Morgan fingerprint density at radius 3 is 2.38 bits per heavy atom. The molecule has 1 aromatic heterocycles. The van der Waals surface area contributed by atoms with Crippen molar-refractivity contribution in [2.45, 2.75) is 12.5 Å². The van der Waals surface area contributed by atoms with Gasteiger partial charge in [-0.25, -0.2) is 9.37 Å². The van der Waals surface area contributed by atoms with Crippen molar-refractivity contribution in [1.82, 2.24) is 9.55 Å². The Balaban J connectivity index is 1.51. The number of carbonyl (C=O) groups is 2. The number of amides is 2. The van der Waals surface area contributed by atoms with E-state index in [-0.39, 0.29) is 12.1 Å². The molecule has 0 fully saturated rings. The van der Waals surface area contributed by atoms with Crippen molar-refractivity contribution in [2.24, 2.45) is 10.8 Å². The smallest absolute Gasteiger partial charge is 0.271 e. The fourth-order valence-electron chi connectivity index (χ4n) is 3.03. The van der Waals surface area contributed by atoms with Crippen LogP contribution in [0, 0.1) is 5.82 Å². The van der Waals surface area contributed by atoms with Crippen LogP contribution in [0.3, 0.4) is 0 Å². The zero-order valence-electron chi connectivity index (χ0n) is 15.2. The Morgan fingerprint density at radius 2 is 1.76 bits per heavy atom. The van der Waals surface area contributed by atoms with Crippen molar-refractivity contribution in [2.75, 3.05) is 10.3 Å². The van der Waals surface area contributed by atoms with Gasteiger partial charge in [-0.1, -0.05) is 0 Å². The summed E-state index contributed by atoms with van der Waals surface area (Å²) in [6, 6.07) is 11.8. The fourth-order valence-corrected chi connectivity index (χ4v) is 3.03. The largest absolute Gasteiger partial charge is 0.368 e. The molecule has 3 N–H and O–H groups in total. The molecule has 2 aromatic carbocycles. The molecular weight excluding hydrogens is 375 g/mol. The molecule has 8 nitrogen and oxygen atoms in total. The lowest BCUT2D eigenvalue weighted by Crippen LogP contribution is -2.39. The Hall–Kier alpha value is -4.01. The Morgan fingerprint density at radius 1 is 1.07 bits per heavy atom. The molecule has 0 saturated carbocycles. The van der Waals surface area contributed by atoms with Gasteiger partial charge in [-0.3, -0.25) is 14.6 Å². The van der Waals surface area contributed by atoms with E-state index >= 15 is 0 Å². The second-order valence-electron chi connectivity index (χ2n) is 6.46. The van der Waals surface area contributed by atoms with Crippen LogP contribution in [0.5, 0.6) is 0 Å². The van der Waals surface area contributed by atoms with Crippen molar-refractivity contribution >= 4 is 28.9 Å². The van der Waals surface area contributed by atoms with Crippen LogP contribution >= 0.6 is 0 Å². The van der Waals surface area contributed by atoms with Crippen LogP contribution in [0.4, 0.5) is 15.8 Å². The van der Waals surface area contributed by atoms with Crippen LogP contribution in [-0.4, -0.2) is 33.1 Å². The zero-order chi connectivity index (χ0) is 20.4. The highest BCUT2D eigenvalue weighted by Crippen LogP contribution is 2.25. The summed E-state index contributed by atoms with van der Waals surface area (Å²) in [7, 11) is 0. The number of aromatic nitrogens is 2. The topological polar surface area (TPSA) is 106 Å². The number of hydrogen-bond acceptors (Lipinski definition) is 5. The van der Waals surface area contributed by atoms with E-state index in [9.17, 15) is 14.0 Å². The summed E-state index contributed by atoms with van der Waals surface area (Å²) in [5, 5.41) is 8.36. The molecule has 0 aliphatic carbocycles. The number of nitrogens with one attached hydrogen (secondary N) is 1. The minimum atomic E-state index is -0.815. The second-order valence-corrected chi connectivity index (χ2v) is 6.46. The van der Waals surface area contributed by atoms with E-state index in [1.165, 1.54) is 29.3 Å². The van der Waals surface area contributed by atoms with Gasteiger partial charge in [0, 0.05) is 30.2 Å². The standard InChI is InChI=1S/C20H17FN6O2/c21-13-1-5-16(6-2-13)27-18(19(22)28)11-17(25-27)20(29)24-14-3-7-15(8-4-14)26-10-9-23-12-26/h1-10,12,18H,11H2,(H2,22,28)(H,24,29). The molecule has 29 heavy (non-hydrogen) atoms. The lowest BCUT2D eigenvalue weighted by Gasteiger charge is -2.20. The molecule has 0 saturated heterocycles. The van der Waals surface area contributed by atoms with Crippen molar-refractivity contribution in [3.63, 3.8) is 0 Å². The van der Waals surface area contributed by atoms with E-state index in [1.54, 1.807) is 24.7 Å². The van der Waals surface area contributed by atoms with E-state index < -0.39 is 23.7 Å². The summed E-state index contributed by atoms with van der Waals surface area (Å²) >= 11 is 0. The third-order valence-electron chi connectivity index (χ3n) is 4.52. The van der Waals surface area contributed by atoms with Crippen molar-refractivity contribution < 1.29 is 14.0 Å². The minimum absolute atomic E-state index is 0.0612. The van der Waals surface area contributed by atoms with E-state index in [0.717, 1.165) is 5.69 Å². The lowest BCUT2D eigenvalue weighted by molar-refractivity contribution is -0.119. The van der Waals surface area contributed by atoms with Gasteiger partial charge in [0.05, 0.1) is 12.0 Å². The van der Waals surface area contributed by atoms with Gasteiger partial charge in [0.2, 0.25) is 5.91 Å².